The van der Waals surface area contributed by atoms with Crippen LogP contribution >= 0.6 is 11.3 Å². The topological polar surface area (TPSA) is 66.4 Å². The maximum atomic E-state index is 12.0. The summed E-state index contributed by atoms with van der Waals surface area (Å²) in [7, 11) is 0. The fraction of sp³-hybridized carbons (Fsp3) is 0.600. The molecule has 0 radical (unpaired) electrons. The largest absolute Gasteiger partial charge is 0.481 e. The first-order valence-electron chi connectivity index (χ1n) is 7.15. The van der Waals surface area contributed by atoms with Gasteiger partial charge in [0.25, 0.3) is 0 Å². The number of hydrogen-bond acceptors (Lipinski definition) is 3. The van der Waals surface area contributed by atoms with Crippen LogP contribution in [0.15, 0.2) is 17.5 Å². The van der Waals surface area contributed by atoms with Gasteiger partial charge in [-0.15, -0.1) is 11.3 Å². The summed E-state index contributed by atoms with van der Waals surface area (Å²) in [6, 6.07) is 4.09. The summed E-state index contributed by atoms with van der Waals surface area (Å²) in [6.07, 6.45) is 5.83. The average Bonchev–Trinajstić information content (AvgIpc) is 3.00. The lowest BCUT2D eigenvalue weighted by molar-refractivity contribution is -0.139. The Morgan fingerprint density at radius 2 is 2.10 bits per heavy atom. The van der Waals surface area contributed by atoms with Crippen molar-refractivity contribution in [1.29, 1.82) is 0 Å². The summed E-state index contributed by atoms with van der Waals surface area (Å²) < 4.78 is 0. The maximum Gasteiger partial charge on any atom is 0.305 e. The first-order valence-corrected chi connectivity index (χ1v) is 8.03. The Hall–Kier alpha value is -1.36. The minimum atomic E-state index is -0.828. The van der Waals surface area contributed by atoms with Crippen LogP contribution in [0.4, 0.5) is 0 Å². The van der Waals surface area contributed by atoms with Crippen LogP contribution in [0, 0.1) is 0 Å². The number of carboxylic acids is 1. The Morgan fingerprint density at radius 1 is 1.35 bits per heavy atom. The third-order valence-corrected chi connectivity index (χ3v) is 4.80. The van der Waals surface area contributed by atoms with Gasteiger partial charge in [0.05, 0.1) is 12.0 Å². The highest BCUT2D eigenvalue weighted by atomic mass is 32.1. The lowest BCUT2D eigenvalue weighted by Crippen LogP contribution is -2.47. The minimum absolute atomic E-state index is 0.00953. The minimum Gasteiger partial charge on any atom is -0.481 e. The zero-order valence-electron chi connectivity index (χ0n) is 11.6. The summed E-state index contributed by atoms with van der Waals surface area (Å²) in [5.41, 5.74) is -0.494. The molecule has 0 bridgehead atoms. The van der Waals surface area contributed by atoms with Gasteiger partial charge in [-0.25, -0.2) is 0 Å². The average molecular weight is 295 g/mol. The van der Waals surface area contributed by atoms with E-state index in [1.165, 1.54) is 4.88 Å². The van der Waals surface area contributed by atoms with Gasteiger partial charge in [-0.05, 0) is 37.1 Å². The zero-order valence-corrected chi connectivity index (χ0v) is 12.4. The molecule has 0 spiro atoms. The van der Waals surface area contributed by atoms with E-state index >= 15 is 0 Å². The van der Waals surface area contributed by atoms with E-state index in [2.05, 4.69) is 11.4 Å². The van der Waals surface area contributed by atoms with Crippen LogP contribution in [0.5, 0.6) is 0 Å². The molecule has 1 fully saturated rings. The Labute approximate surface area is 123 Å². The van der Waals surface area contributed by atoms with Gasteiger partial charge < -0.3 is 10.4 Å². The summed E-state index contributed by atoms with van der Waals surface area (Å²) in [5, 5.41) is 14.0. The molecule has 5 heteroatoms. The molecule has 4 nitrogen and oxygen atoms in total. The van der Waals surface area contributed by atoms with Crippen molar-refractivity contribution >= 4 is 23.2 Å². The molecule has 110 valence electrons. The highest BCUT2D eigenvalue weighted by Crippen LogP contribution is 2.32. The van der Waals surface area contributed by atoms with Crippen LogP contribution in [-0.4, -0.2) is 22.5 Å². The first-order chi connectivity index (χ1) is 9.60. The van der Waals surface area contributed by atoms with E-state index in [4.69, 9.17) is 5.11 Å². The van der Waals surface area contributed by atoms with Gasteiger partial charge >= 0.3 is 5.97 Å². The Kier molecular flexibility index (Phi) is 5.17. The number of aliphatic carboxylic acids is 1. The molecular weight excluding hydrogens is 274 g/mol. The highest BCUT2D eigenvalue weighted by molar-refractivity contribution is 7.09. The number of rotatable bonds is 7. The summed E-state index contributed by atoms with van der Waals surface area (Å²) in [5.74, 6) is -0.838. The standard InChI is InChI=1S/C15H21NO3S/c17-13(7-3-5-12-6-4-10-20-12)16-15(11-14(18)19)8-1-2-9-15/h4,6,10H,1-3,5,7-9,11H2,(H,16,17)(H,18,19). The van der Waals surface area contributed by atoms with Crippen LogP contribution in [-0.2, 0) is 16.0 Å². The third kappa shape index (κ3) is 4.34. The molecule has 1 aliphatic carbocycles. The molecule has 0 saturated heterocycles. The van der Waals surface area contributed by atoms with E-state index in [0.29, 0.717) is 6.42 Å². The van der Waals surface area contributed by atoms with Crippen LogP contribution in [0.1, 0.15) is 49.8 Å². The molecule has 1 amide bonds. The van der Waals surface area contributed by atoms with Crippen LogP contribution in [0.25, 0.3) is 0 Å². The molecule has 0 atom stereocenters. The number of aryl methyl sites for hydroxylation is 1. The van der Waals surface area contributed by atoms with Gasteiger partial charge in [-0.1, -0.05) is 18.9 Å². The predicted octanol–water partition coefficient (Wildman–Crippen LogP) is 2.97. The second-order valence-corrected chi connectivity index (χ2v) is 6.57. The van der Waals surface area contributed by atoms with Crippen LogP contribution in [0.2, 0.25) is 0 Å². The fourth-order valence-electron chi connectivity index (χ4n) is 2.92. The number of hydrogen-bond donors (Lipinski definition) is 2. The van der Waals surface area contributed by atoms with Crippen molar-refractivity contribution in [2.75, 3.05) is 0 Å². The molecular formula is C15H21NO3S. The lowest BCUT2D eigenvalue weighted by atomic mass is 9.93. The van der Waals surface area contributed by atoms with Crippen molar-refractivity contribution in [3.63, 3.8) is 0 Å². The molecule has 0 unspecified atom stereocenters. The molecule has 0 aliphatic heterocycles. The third-order valence-electron chi connectivity index (χ3n) is 3.86. The van der Waals surface area contributed by atoms with E-state index in [1.54, 1.807) is 11.3 Å². The molecule has 0 aromatic carbocycles. The SMILES string of the molecule is O=C(O)CC1(NC(=O)CCCc2cccs2)CCCC1. The van der Waals surface area contributed by atoms with E-state index in [-0.39, 0.29) is 12.3 Å². The van der Waals surface area contributed by atoms with Crippen LogP contribution < -0.4 is 5.32 Å². The van der Waals surface area contributed by atoms with Crippen molar-refractivity contribution in [3.05, 3.63) is 22.4 Å². The fourth-order valence-corrected chi connectivity index (χ4v) is 3.67. The quantitative estimate of drug-likeness (QED) is 0.812. The number of thiophene rings is 1. The Morgan fingerprint density at radius 3 is 2.70 bits per heavy atom. The molecule has 1 aromatic rings. The lowest BCUT2D eigenvalue weighted by Gasteiger charge is -2.28. The number of carbonyl (C=O) groups excluding carboxylic acids is 1. The van der Waals surface area contributed by atoms with Crippen molar-refractivity contribution in [2.45, 2.75) is 56.9 Å². The first kappa shape index (κ1) is 15.0. The van der Waals surface area contributed by atoms with Crippen molar-refractivity contribution in [2.24, 2.45) is 0 Å². The van der Waals surface area contributed by atoms with Gasteiger partial charge in [0.1, 0.15) is 0 Å². The molecule has 1 aromatic heterocycles. The monoisotopic (exact) mass is 295 g/mol. The summed E-state index contributed by atoms with van der Waals surface area (Å²) in [4.78, 5) is 24.3. The molecule has 2 N–H and O–H groups in total. The van der Waals surface area contributed by atoms with Gasteiger partial charge in [0.15, 0.2) is 0 Å². The van der Waals surface area contributed by atoms with Gasteiger partial charge in [-0.2, -0.15) is 0 Å². The van der Waals surface area contributed by atoms with Gasteiger partial charge in [-0.3, -0.25) is 9.59 Å². The van der Waals surface area contributed by atoms with Crippen LogP contribution in [0.3, 0.4) is 0 Å². The van der Waals surface area contributed by atoms with Crippen molar-refractivity contribution in [1.82, 2.24) is 5.32 Å². The number of amides is 1. The van der Waals surface area contributed by atoms with E-state index in [1.807, 2.05) is 11.4 Å². The Balaban J connectivity index is 1.78. The van der Waals surface area contributed by atoms with Gasteiger partial charge in [0.2, 0.25) is 5.91 Å². The molecule has 2 rings (SSSR count). The van der Waals surface area contributed by atoms with E-state index < -0.39 is 11.5 Å². The molecule has 20 heavy (non-hydrogen) atoms. The second-order valence-electron chi connectivity index (χ2n) is 5.54. The number of nitrogens with one attached hydrogen (secondary N) is 1. The maximum absolute atomic E-state index is 12.0. The van der Waals surface area contributed by atoms with Crippen molar-refractivity contribution < 1.29 is 14.7 Å². The molecule has 1 saturated carbocycles. The highest BCUT2D eigenvalue weighted by Gasteiger charge is 2.37. The summed E-state index contributed by atoms with van der Waals surface area (Å²) >= 11 is 1.71. The Bertz CT molecular complexity index is 450. The number of carbonyl (C=O) groups is 2. The van der Waals surface area contributed by atoms with Crippen molar-refractivity contribution in [3.8, 4) is 0 Å². The second kappa shape index (κ2) is 6.88. The normalized spacial score (nSPS) is 17.0. The molecule has 1 aliphatic rings. The predicted molar refractivity (Wildman–Crippen MR) is 78.9 cm³/mol. The summed E-state index contributed by atoms with van der Waals surface area (Å²) in [6.45, 7) is 0. The number of carboxylic acid groups (broad SMARTS) is 1. The van der Waals surface area contributed by atoms with E-state index in [9.17, 15) is 9.59 Å². The zero-order chi connectivity index (χ0) is 14.4. The van der Waals surface area contributed by atoms with E-state index in [0.717, 1.165) is 38.5 Å². The van der Waals surface area contributed by atoms with Gasteiger partial charge in [0, 0.05) is 11.3 Å². The smallest absolute Gasteiger partial charge is 0.305 e. The molecule has 1 heterocycles.